The molecule has 2 aromatic rings. The molecule has 1 aromatic heterocycles. The summed E-state index contributed by atoms with van der Waals surface area (Å²) in [6.07, 6.45) is 5.42. The van der Waals surface area contributed by atoms with Gasteiger partial charge in [-0.05, 0) is 89.1 Å². The van der Waals surface area contributed by atoms with E-state index in [1.54, 1.807) is 0 Å². The van der Waals surface area contributed by atoms with Crippen molar-refractivity contribution in [2.24, 2.45) is 17.8 Å². The molecule has 0 bridgehead atoms. The average molecular weight is 481 g/mol. The highest BCUT2D eigenvalue weighted by molar-refractivity contribution is 5.78. The molecule has 2 aliphatic heterocycles. The lowest BCUT2D eigenvalue weighted by molar-refractivity contribution is -0.126. The zero-order valence-corrected chi connectivity index (χ0v) is 22.2. The van der Waals surface area contributed by atoms with E-state index in [1.165, 1.54) is 31.5 Å². The van der Waals surface area contributed by atoms with Crippen molar-refractivity contribution in [3.63, 3.8) is 0 Å². The van der Waals surface area contributed by atoms with Gasteiger partial charge in [0.1, 0.15) is 5.76 Å². The topological polar surface area (TPSA) is 61.6 Å². The van der Waals surface area contributed by atoms with Crippen molar-refractivity contribution in [1.82, 2.24) is 20.1 Å². The number of amides is 1. The summed E-state index contributed by atoms with van der Waals surface area (Å²) in [5.41, 5.74) is 3.23. The van der Waals surface area contributed by atoms with Crippen LogP contribution in [0.4, 0.5) is 0 Å². The monoisotopic (exact) mass is 480 g/mol. The van der Waals surface area contributed by atoms with E-state index in [2.05, 4.69) is 48.0 Å². The van der Waals surface area contributed by atoms with Gasteiger partial charge in [-0.15, -0.1) is 0 Å². The maximum atomic E-state index is 12.7. The molecule has 2 aliphatic rings. The Morgan fingerprint density at radius 1 is 1.06 bits per heavy atom. The molecule has 6 heteroatoms. The van der Waals surface area contributed by atoms with Gasteiger partial charge in [-0.2, -0.15) is 0 Å². The van der Waals surface area contributed by atoms with E-state index in [9.17, 15) is 4.79 Å². The molecule has 6 nitrogen and oxygen atoms in total. The van der Waals surface area contributed by atoms with Crippen LogP contribution in [-0.2, 0) is 11.3 Å². The lowest BCUT2D eigenvalue weighted by atomic mass is 9.92. The van der Waals surface area contributed by atoms with Gasteiger partial charge in [0.25, 0.3) is 0 Å². The van der Waals surface area contributed by atoms with Crippen LogP contribution >= 0.6 is 0 Å². The molecule has 0 saturated carbocycles. The van der Waals surface area contributed by atoms with Crippen LogP contribution in [-0.4, -0.2) is 60.0 Å². The molecule has 1 amide bonds. The van der Waals surface area contributed by atoms with E-state index in [-0.39, 0.29) is 11.8 Å². The quantitative estimate of drug-likeness (QED) is 0.509. The molecule has 3 heterocycles. The Balaban J connectivity index is 1.15. The molecule has 2 atom stereocenters. The minimum Gasteiger partial charge on any atom is -0.441 e. The Labute approximate surface area is 211 Å². The number of unbranched alkanes of at least 4 members (excludes halogenated alkanes) is 1. The summed E-state index contributed by atoms with van der Waals surface area (Å²) in [7, 11) is 0. The SMILES string of the molecule is Cc1ccccc1-c1nc(CN2CCC(C(=O)NCCCCN3CC(C)CC(C)C3)CC2)c(C)o1. The van der Waals surface area contributed by atoms with Gasteiger partial charge in [0, 0.05) is 37.7 Å². The second kappa shape index (κ2) is 12.2. The Morgan fingerprint density at radius 2 is 1.77 bits per heavy atom. The summed E-state index contributed by atoms with van der Waals surface area (Å²) in [4.78, 5) is 22.5. The molecule has 35 heavy (non-hydrogen) atoms. The zero-order chi connectivity index (χ0) is 24.8. The van der Waals surface area contributed by atoms with Gasteiger partial charge in [-0.1, -0.05) is 32.0 Å². The van der Waals surface area contributed by atoms with Gasteiger partial charge in [-0.25, -0.2) is 4.98 Å². The van der Waals surface area contributed by atoms with Crippen LogP contribution in [0.15, 0.2) is 28.7 Å². The molecule has 1 aromatic carbocycles. The van der Waals surface area contributed by atoms with Crippen LogP contribution in [0.5, 0.6) is 0 Å². The van der Waals surface area contributed by atoms with Crippen LogP contribution in [0, 0.1) is 31.6 Å². The number of hydrogen-bond donors (Lipinski definition) is 1. The fourth-order valence-electron chi connectivity index (χ4n) is 5.86. The number of carbonyl (C=O) groups excluding carboxylic acids is 1. The van der Waals surface area contributed by atoms with Crippen LogP contribution in [0.2, 0.25) is 0 Å². The molecule has 0 aliphatic carbocycles. The normalized spacial score (nSPS) is 22.4. The third kappa shape index (κ3) is 7.17. The molecule has 192 valence electrons. The van der Waals surface area contributed by atoms with Crippen LogP contribution in [0.25, 0.3) is 11.5 Å². The predicted molar refractivity (Wildman–Crippen MR) is 141 cm³/mol. The van der Waals surface area contributed by atoms with Crippen molar-refractivity contribution >= 4 is 5.91 Å². The molecule has 0 spiro atoms. The number of likely N-dealkylation sites (tertiary alicyclic amines) is 2. The van der Waals surface area contributed by atoms with Gasteiger partial charge in [0.05, 0.1) is 5.69 Å². The smallest absolute Gasteiger partial charge is 0.226 e. The number of aryl methyl sites for hydroxylation is 2. The standard InChI is InChI=1S/C29H44N4O2/c1-21-17-22(2)19-33(18-21)14-8-7-13-30-28(34)25-11-15-32(16-12-25)20-27-24(4)35-29(31-27)26-10-6-5-9-23(26)3/h5-6,9-10,21-22,25H,7-8,11-20H2,1-4H3,(H,30,34). The maximum Gasteiger partial charge on any atom is 0.226 e. The van der Waals surface area contributed by atoms with Gasteiger partial charge in [0.15, 0.2) is 0 Å². The second-order valence-electron chi connectivity index (χ2n) is 11.1. The molecular formula is C29H44N4O2. The Hall–Kier alpha value is -2.18. The van der Waals surface area contributed by atoms with Crippen molar-refractivity contribution in [2.45, 2.75) is 66.3 Å². The minimum atomic E-state index is 0.135. The zero-order valence-electron chi connectivity index (χ0n) is 22.2. The van der Waals surface area contributed by atoms with Gasteiger partial charge < -0.3 is 14.6 Å². The fraction of sp³-hybridized carbons (Fsp3) is 0.655. The summed E-state index contributed by atoms with van der Waals surface area (Å²) in [5, 5.41) is 3.20. The average Bonchev–Trinajstić information content (AvgIpc) is 3.18. The van der Waals surface area contributed by atoms with Crippen molar-refractivity contribution in [1.29, 1.82) is 0 Å². The Morgan fingerprint density at radius 3 is 2.49 bits per heavy atom. The van der Waals surface area contributed by atoms with E-state index < -0.39 is 0 Å². The number of rotatable bonds is 9. The lowest BCUT2D eigenvalue weighted by Gasteiger charge is -2.35. The van der Waals surface area contributed by atoms with E-state index in [1.807, 2.05) is 19.1 Å². The van der Waals surface area contributed by atoms with Crippen LogP contribution < -0.4 is 5.32 Å². The number of aromatic nitrogens is 1. The number of nitrogens with zero attached hydrogens (tertiary/aromatic N) is 3. The predicted octanol–water partition coefficient (Wildman–Crippen LogP) is 5.04. The lowest BCUT2D eigenvalue weighted by Crippen LogP contribution is -2.41. The molecule has 2 unspecified atom stereocenters. The van der Waals surface area contributed by atoms with Crippen molar-refractivity contribution in [3.05, 3.63) is 41.3 Å². The minimum absolute atomic E-state index is 0.135. The third-order valence-electron chi connectivity index (χ3n) is 7.74. The molecule has 2 saturated heterocycles. The first-order valence-corrected chi connectivity index (χ1v) is 13.6. The van der Waals surface area contributed by atoms with Gasteiger partial charge >= 0.3 is 0 Å². The Kier molecular flexibility index (Phi) is 9.01. The molecule has 0 radical (unpaired) electrons. The van der Waals surface area contributed by atoms with Crippen LogP contribution in [0.1, 0.15) is 63.0 Å². The largest absolute Gasteiger partial charge is 0.441 e. The molecule has 2 fully saturated rings. The highest BCUT2D eigenvalue weighted by atomic mass is 16.4. The van der Waals surface area contributed by atoms with Crippen molar-refractivity contribution in [3.8, 4) is 11.5 Å². The number of carbonyl (C=O) groups is 1. The first-order chi connectivity index (χ1) is 16.9. The summed E-state index contributed by atoms with van der Waals surface area (Å²) in [5.74, 6) is 3.59. The molecular weight excluding hydrogens is 436 g/mol. The third-order valence-corrected chi connectivity index (χ3v) is 7.74. The van der Waals surface area contributed by atoms with E-state index in [4.69, 9.17) is 9.40 Å². The number of piperidine rings is 2. The Bertz CT molecular complexity index is 953. The fourth-order valence-corrected chi connectivity index (χ4v) is 5.86. The van der Waals surface area contributed by atoms with E-state index in [0.717, 1.165) is 80.8 Å². The number of oxazole rings is 1. The maximum absolute atomic E-state index is 12.7. The number of nitrogens with one attached hydrogen (secondary N) is 1. The number of hydrogen-bond acceptors (Lipinski definition) is 5. The summed E-state index contributed by atoms with van der Waals surface area (Å²) < 4.78 is 5.99. The van der Waals surface area contributed by atoms with E-state index in [0.29, 0.717) is 5.89 Å². The van der Waals surface area contributed by atoms with E-state index >= 15 is 0 Å². The summed E-state index contributed by atoms with van der Waals surface area (Å²) in [6, 6.07) is 8.20. The van der Waals surface area contributed by atoms with Gasteiger partial charge in [-0.3, -0.25) is 9.69 Å². The first-order valence-electron chi connectivity index (χ1n) is 13.6. The van der Waals surface area contributed by atoms with Crippen molar-refractivity contribution < 1.29 is 9.21 Å². The molecule has 1 N–H and O–H groups in total. The second-order valence-corrected chi connectivity index (χ2v) is 11.1. The van der Waals surface area contributed by atoms with Gasteiger partial charge in [0.2, 0.25) is 11.8 Å². The highest BCUT2D eigenvalue weighted by Crippen LogP contribution is 2.26. The summed E-state index contributed by atoms with van der Waals surface area (Å²) in [6.45, 7) is 15.9. The molecule has 4 rings (SSSR count). The summed E-state index contributed by atoms with van der Waals surface area (Å²) >= 11 is 0. The van der Waals surface area contributed by atoms with Crippen molar-refractivity contribution in [2.75, 3.05) is 39.3 Å². The first kappa shape index (κ1) is 25.9. The van der Waals surface area contributed by atoms with Crippen LogP contribution in [0.3, 0.4) is 0 Å². The number of benzene rings is 1. The highest BCUT2D eigenvalue weighted by Gasteiger charge is 2.26.